The van der Waals surface area contributed by atoms with Crippen LogP contribution in [-0.4, -0.2) is 25.7 Å². The summed E-state index contributed by atoms with van der Waals surface area (Å²) in [7, 11) is 0. The van der Waals surface area contributed by atoms with Crippen LogP contribution in [0.4, 0.5) is 5.69 Å². The Labute approximate surface area is 185 Å². The second-order valence-corrected chi connectivity index (χ2v) is 8.13. The van der Waals surface area contributed by atoms with Gasteiger partial charge in [-0.25, -0.2) is 4.52 Å². The summed E-state index contributed by atoms with van der Waals surface area (Å²) in [6.07, 6.45) is 0. The highest BCUT2D eigenvalue weighted by Crippen LogP contribution is 2.33. The van der Waals surface area contributed by atoms with E-state index >= 15 is 0 Å². The van der Waals surface area contributed by atoms with Crippen molar-refractivity contribution in [3.05, 3.63) is 88.9 Å². The Balaban J connectivity index is 1.61. The number of hydrogen-bond acceptors (Lipinski definition) is 4. The highest BCUT2D eigenvalue weighted by molar-refractivity contribution is 6.04. The molecule has 2 heterocycles. The summed E-state index contributed by atoms with van der Waals surface area (Å²) in [5, 5.41) is 18.7. The zero-order chi connectivity index (χ0) is 22.4. The third-order valence-corrected chi connectivity index (χ3v) is 5.85. The van der Waals surface area contributed by atoms with Gasteiger partial charge >= 0.3 is 0 Å². The van der Waals surface area contributed by atoms with Crippen LogP contribution in [0.15, 0.2) is 60.7 Å². The number of rotatable bonds is 3. The molecule has 3 aromatic carbocycles. The summed E-state index contributed by atoms with van der Waals surface area (Å²) >= 11 is 0. The molecule has 0 saturated carbocycles. The number of fused-ring (bicyclic) bond motifs is 2. The van der Waals surface area contributed by atoms with Crippen molar-refractivity contribution in [3.63, 3.8) is 0 Å². The smallest absolute Gasteiger partial charge is 0.278 e. The Morgan fingerprint density at radius 3 is 2.50 bits per heavy atom. The minimum Gasteiger partial charge on any atom is -0.320 e. The fraction of sp³-hybridized carbons (Fsp3) is 0.154. The van der Waals surface area contributed by atoms with Gasteiger partial charge in [0.1, 0.15) is 0 Å². The molecule has 1 N–H and O–H groups in total. The quantitative estimate of drug-likeness (QED) is 0.422. The molecule has 0 fully saturated rings. The van der Waals surface area contributed by atoms with Gasteiger partial charge in [0.05, 0.1) is 17.0 Å². The van der Waals surface area contributed by atoms with E-state index in [9.17, 15) is 4.79 Å². The predicted octanol–water partition coefficient (Wildman–Crippen LogP) is 5.43. The first-order valence-electron chi connectivity index (χ1n) is 10.5. The maximum absolute atomic E-state index is 13.0. The summed E-state index contributed by atoms with van der Waals surface area (Å²) in [5.41, 5.74) is 7.26. The maximum Gasteiger partial charge on any atom is 0.278 e. The molecule has 32 heavy (non-hydrogen) atoms. The Bertz CT molecular complexity index is 1510. The van der Waals surface area contributed by atoms with Crippen molar-refractivity contribution >= 4 is 28.0 Å². The third kappa shape index (κ3) is 3.21. The fourth-order valence-corrected chi connectivity index (χ4v) is 4.22. The summed E-state index contributed by atoms with van der Waals surface area (Å²) < 4.78 is 1.72. The molecule has 0 radical (unpaired) electrons. The lowest BCUT2D eigenvalue weighted by Crippen LogP contribution is -2.19. The van der Waals surface area contributed by atoms with Crippen molar-refractivity contribution in [2.24, 2.45) is 0 Å². The van der Waals surface area contributed by atoms with Gasteiger partial charge in [0.2, 0.25) is 0 Å². The molecule has 0 saturated heterocycles. The predicted molar refractivity (Wildman–Crippen MR) is 127 cm³/mol. The molecule has 5 rings (SSSR count). The van der Waals surface area contributed by atoms with E-state index in [1.807, 2.05) is 64.1 Å². The van der Waals surface area contributed by atoms with Gasteiger partial charge < -0.3 is 5.32 Å². The Hall–Kier alpha value is -4.06. The molecule has 6 nitrogen and oxygen atoms in total. The summed E-state index contributed by atoms with van der Waals surface area (Å²) in [6.45, 7) is 7.80. The second kappa shape index (κ2) is 7.57. The van der Waals surface area contributed by atoms with Crippen molar-refractivity contribution in [1.82, 2.24) is 19.8 Å². The molecule has 0 bridgehead atoms. The normalized spacial score (nSPS) is 11.2. The molecular formula is C26H23N5O. The molecule has 0 spiro atoms. The van der Waals surface area contributed by atoms with Gasteiger partial charge in [0.15, 0.2) is 11.3 Å². The SMILES string of the molecule is Cc1ccc(NC(=O)c2nnc3c(-c4cccc5ccccc45)c(C)nn3c2C)c(C)c1. The zero-order valence-corrected chi connectivity index (χ0v) is 18.5. The number of aromatic nitrogens is 4. The van der Waals surface area contributed by atoms with Gasteiger partial charge in [0.25, 0.3) is 5.91 Å². The van der Waals surface area contributed by atoms with Crippen LogP contribution >= 0.6 is 0 Å². The third-order valence-electron chi connectivity index (χ3n) is 5.85. The van der Waals surface area contributed by atoms with Crippen LogP contribution < -0.4 is 5.32 Å². The van der Waals surface area contributed by atoms with Crippen LogP contribution in [0.3, 0.4) is 0 Å². The number of anilines is 1. The Kier molecular flexibility index (Phi) is 4.70. The first-order valence-corrected chi connectivity index (χ1v) is 10.5. The lowest BCUT2D eigenvalue weighted by molar-refractivity contribution is 0.102. The first kappa shape index (κ1) is 19.9. The lowest BCUT2D eigenvalue weighted by Gasteiger charge is -2.10. The maximum atomic E-state index is 13.0. The van der Waals surface area contributed by atoms with Gasteiger partial charge in [0, 0.05) is 5.69 Å². The molecule has 1 amide bonds. The van der Waals surface area contributed by atoms with Crippen LogP contribution in [-0.2, 0) is 0 Å². The number of carbonyl (C=O) groups is 1. The average Bonchev–Trinajstić information content (AvgIpc) is 3.12. The van der Waals surface area contributed by atoms with Crippen LogP contribution in [0, 0.1) is 27.7 Å². The second-order valence-electron chi connectivity index (χ2n) is 8.13. The van der Waals surface area contributed by atoms with Crippen molar-refractivity contribution < 1.29 is 4.79 Å². The van der Waals surface area contributed by atoms with E-state index in [-0.39, 0.29) is 11.6 Å². The average molecular weight is 422 g/mol. The van der Waals surface area contributed by atoms with Gasteiger partial charge in [-0.15, -0.1) is 10.2 Å². The summed E-state index contributed by atoms with van der Waals surface area (Å²) in [4.78, 5) is 13.0. The number of benzene rings is 3. The highest BCUT2D eigenvalue weighted by Gasteiger charge is 2.21. The van der Waals surface area contributed by atoms with Gasteiger partial charge in [-0.05, 0) is 55.7 Å². The van der Waals surface area contributed by atoms with Crippen molar-refractivity contribution in [3.8, 4) is 11.1 Å². The summed E-state index contributed by atoms with van der Waals surface area (Å²) in [6, 6.07) is 20.3. The topological polar surface area (TPSA) is 72.2 Å². The number of nitrogens with zero attached hydrogens (tertiary/aromatic N) is 4. The molecular weight excluding hydrogens is 398 g/mol. The number of nitrogens with one attached hydrogen (secondary N) is 1. The van der Waals surface area contributed by atoms with Gasteiger partial charge in [-0.2, -0.15) is 5.10 Å². The minimum absolute atomic E-state index is 0.254. The molecule has 2 aromatic heterocycles. The zero-order valence-electron chi connectivity index (χ0n) is 18.5. The Morgan fingerprint density at radius 1 is 0.906 bits per heavy atom. The van der Waals surface area contributed by atoms with Crippen molar-refractivity contribution in [1.29, 1.82) is 0 Å². The largest absolute Gasteiger partial charge is 0.320 e. The molecule has 0 unspecified atom stereocenters. The number of carbonyl (C=O) groups excluding carboxylic acids is 1. The first-order chi connectivity index (χ1) is 15.4. The number of aryl methyl sites for hydroxylation is 4. The molecule has 5 aromatic rings. The lowest BCUT2D eigenvalue weighted by atomic mass is 9.98. The van der Waals surface area contributed by atoms with E-state index in [0.29, 0.717) is 11.3 Å². The van der Waals surface area contributed by atoms with Crippen LogP contribution in [0.5, 0.6) is 0 Å². The van der Waals surface area contributed by atoms with Crippen LogP contribution in [0.2, 0.25) is 0 Å². The molecule has 0 aliphatic rings. The van der Waals surface area contributed by atoms with E-state index in [0.717, 1.165) is 44.4 Å². The van der Waals surface area contributed by atoms with E-state index in [1.54, 1.807) is 4.52 Å². The summed E-state index contributed by atoms with van der Waals surface area (Å²) in [5.74, 6) is -0.302. The monoisotopic (exact) mass is 421 g/mol. The highest BCUT2D eigenvalue weighted by atomic mass is 16.2. The van der Waals surface area contributed by atoms with E-state index < -0.39 is 0 Å². The van der Waals surface area contributed by atoms with Gasteiger partial charge in [-0.3, -0.25) is 4.79 Å². The number of hydrogen-bond donors (Lipinski definition) is 1. The molecule has 0 aliphatic carbocycles. The standard InChI is InChI=1S/C26H23N5O/c1-15-12-13-22(16(2)14-15)27-26(32)24-18(4)31-25(29-28-24)23(17(3)30-31)21-11-7-9-19-8-5-6-10-20(19)21/h5-14H,1-4H3,(H,27,32). The van der Waals surface area contributed by atoms with E-state index in [4.69, 9.17) is 5.10 Å². The van der Waals surface area contributed by atoms with Crippen molar-refractivity contribution in [2.75, 3.05) is 5.32 Å². The van der Waals surface area contributed by atoms with E-state index in [1.165, 1.54) is 0 Å². The van der Waals surface area contributed by atoms with Crippen LogP contribution in [0.25, 0.3) is 27.5 Å². The molecule has 6 heteroatoms. The molecule has 0 atom stereocenters. The number of amides is 1. The Morgan fingerprint density at radius 2 is 1.69 bits per heavy atom. The van der Waals surface area contributed by atoms with Crippen molar-refractivity contribution in [2.45, 2.75) is 27.7 Å². The molecule has 158 valence electrons. The van der Waals surface area contributed by atoms with Gasteiger partial charge in [-0.1, -0.05) is 60.2 Å². The van der Waals surface area contributed by atoms with E-state index in [2.05, 4.69) is 39.8 Å². The molecule has 0 aliphatic heterocycles. The fourth-order valence-electron chi connectivity index (χ4n) is 4.22. The minimum atomic E-state index is -0.302. The van der Waals surface area contributed by atoms with Crippen LogP contribution in [0.1, 0.15) is 33.0 Å².